The van der Waals surface area contributed by atoms with Gasteiger partial charge in [0.2, 0.25) is 0 Å². The normalized spacial score (nSPS) is 10.8. The highest BCUT2D eigenvalue weighted by Crippen LogP contribution is 2.13. The van der Waals surface area contributed by atoms with Crippen LogP contribution in [-0.4, -0.2) is 14.6 Å². The minimum absolute atomic E-state index is 0.539. The summed E-state index contributed by atoms with van der Waals surface area (Å²) in [6, 6.07) is 4.00. The molecular weight excluding hydrogens is 164 g/mol. The van der Waals surface area contributed by atoms with Crippen molar-refractivity contribution in [1.82, 2.24) is 14.6 Å². The average Bonchev–Trinajstić information content (AvgIpc) is 2.51. The van der Waals surface area contributed by atoms with Crippen LogP contribution in [0.1, 0.15) is 19.0 Å². The van der Waals surface area contributed by atoms with Gasteiger partial charge in [0.05, 0.1) is 0 Å². The van der Waals surface area contributed by atoms with Crippen LogP contribution in [-0.2, 0) is 6.42 Å². The molecule has 0 amide bonds. The van der Waals surface area contributed by atoms with Crippen LogP contribution in [0.5, 0.6) is 0 Å². The zero-order chi connectivity index (χ0) is 9.26. The van der Waals surface area contributed by atoms with Gasteiger partial charge in [-0.3, -0.25) is 0 Å². The Morgan fingerprint density at radius 2 is 2.31 bits per heavy atom. The van der Waals surface area contributed by atoms with E-state index in [0.29, 0.717) is 5.82 Å². The van der Waals surface area contributed by atoms with Crippen molar-refractivity contribution in [3.05, 3.63) is 24.2 Å². The average molecular weight is 176 g/mol. The lowest BCUT2D eigenvalue weighted by atomic mass is 10.3. The first-order valence-electron chi connectivity index (χ1n) is 4.40. The van der Waals surface area contributed by atoms with E-state index in [-0.39, 0.29) is 0 Å². The molecule has 0 aliphatic heterocycles. The quantitative estimate of drug-likeness (QED) is 0.749. The third-order valence-electron chi connectivity index (χ3n) is 2.07. The maximum absolute atomic E-state index is 5.69. The molecule has 0 unspecified atom stereocenters. The highest BCUT2D eigenvalue weighted by atomic mass is 15.2. The predicted octanol–water partition coefficient (Wildman–Crippen LogP) is 1.26. The molecule has 0 saturated carbocycles. The molecule has 0 saturated heterocycles. The zero-order valence-electron chi connectivity index (χ0n) is 7.57. The van der Waals surface area contributed by atoms with Crippen LogP contribution in [0.15, 0.2) is 18.5 Å². The fourth-order valence-corrected chi connectivity index (χ4v) is 1.45. The van der Waals surface area contributed by atoms with Gasteiger partial charge in [0.15, 0.2) is 5.82 Å². The Hall–Kier alpha value is -1.58. The van der Waals surface area contributed by atoms with E-state index in [2.05, 4.69) is 17.0 Å². The summed E-state index contributed by atoms with van der Waals surface area (Å²) in [4.78, 5) is 3.93. The number of rotatable bonds is 2. The van der Waals surface area contributed by atoms with Crippen LogP contribution in [0.25, 0.3) is 5.52 Å². The molecule has 0 fully saturated rings. The first-order valence-corrected chi connectivity index (χ1v) is 4.40. The summed E-state index contributed by atoms with van der Waals surface area (Å²) in [6.07, 6.45) is 3.61. The second-order valence-electron chi connectivity index (χ2n) is 3.02. The van der Waals surface area contributed by atoms with Crippen molar-refractivity contribution in [1.29, 1.82) is 0 Å². The summed E-state index contributed by atoms with van der Waals surface area (Å²) < 4.78 is 1.85. The number of aryl methyl sites for hydroxylation is 1. The van der Waals surface area contributed by atoms with E-state index >= 15 is 0 Å². The summed E-state index contributed by atoms with van der Waals surface area (Å²) in [6.45, 7) is 2.14. The number of nitrogen functional groups attached to an aromatic ring is 1. The minimum atomic E-state index is 0.539. The second-order valence-corrected chi connectivity index (χ2v) is 3.02. The Morgan fingerprint density at radius 3 is 3.08 bits per heavy atom. The monoisotopic (exact) mass is 176 g/mol. The van der Waals surface area contributed by atoms with E-state index in [9.17, 15) is 0 Å². The second kappa shape index (κ2) is 3.05. The molecule has 68 valence electrons. The number of fused-ring (bicyclic) bond motifs is 1. The van der Waals surface area contributed by atoms with Gasteiger partial charge in [-0.15, -0.1) is 0 Å². The summed E-state index contributed by atoms with van der Waals surface area (Å²) in [5.41, 5.74) is 7.77. The Morgan fingerprint density at radius 1 is 1.46 bits per heavy atom. The van der Waals surface area contributed by atoms with Gasteiger partial charge in [0.1, 0.15) is 11.8 Å². The van der Waals surface area contributed by atoms with E-state index in [1.165, 1.54) is 12.0 Å². The highest BCUT2D eigenvalue weighted by molar-refractivity contribution is 5.65. The Labute approximate surface area is 76.4 Å². The van der Waals surface area contributed by atoms with E-state index in [4.69, 9.17) is 5.73 Å². The zero-order valence-corrected chi connectivity index (χ0v) is 7.57. The Kier molecular flexibility index (Phi) is 1.88. The first kappa shape index (κ1) is 8.04. The highest BCUT2D eigenvalue weighted by Gasteiger charge is 2.03. The molecule has 2 aromatic rings. The number of nitrogens with zero attached hydrogens (tertiary/aromatic N) is 3. The fraction of sp³-hybridized carbons (Fsp3) is 0.333. The van der Waals surface area contributed by atoms with Crippen LogP contribution in [0, 0.1) is 0 Å². The van der Waals surface area contributed by atoms with Crippen molar-refractivity contribution in [2.24, 2.45) is 0 Å². The van der Waals surface area contributed by atoms with Crippen LogP contribution in [0.2, 0.25) is 0 Å². The van der Waals surface area contributed by atoms with Crippen molar-refractivity contribution >= 4 is 11.3 Å². The molecule has 2 rings (SSSR count). The molecule has 4 heteroatoms. The lowest BCUT2D eigenvalue weighted by Gasteiger charge is -2.00. The molecule has 0 aliphatic rings. The van der Waals surface area contributed by atoms with Gasteiger partial charge >= 0.3 is 0 Å². The summed E-state index contributed by atoms with van der Waals surface area (Å²) in [7, 11) is 0. The maximum atomic E-state index is 5.69. The van der Waals surface area contributed by atoms with Crippen LogP contribution < -0.4 is 5.73 Å². The third-order valence-corrected chi connectivity index (χ3v) is 2.07. The third kappa shape index (κ3) is 1.24. The first-order chi connectivity index (χ1) is 6.33. The number of nitrogens with two attached hydrogens (primary N) is 1. The van der Waals surface area contributed by atoms with Crippen LogP contribution in [0.4, 0.5) is 5.82 Å². The van der Waals surface area contributed by atoms with Gasteiger partial charge < -0.3 is 5.73 Å². The van der Waals surface area contributed by atoms with Gasteiger partial charge in [0, 0.05) is 5.69 Å². The van der Waals surface area contributed by atoms with E-state index in [1.807, 2.05) is 16.6 Å². The van der Waals surface area contributed by atoms with E-state index in [1.54, 1.807) is 0 Å². The molecule has 0 atom stereocenters. The summed E-state index contributed by atoms with van der Waals surface area (Å²) in [5, 5.41) is 4.15. The van der Waals surface area contributed by atoms with Gasteiger partial charge in [-0.25, -0.2) is 9.50 Å². The predicted molar refractivity (Wildman–Crippen MR) is 51.4 cm³/mol. The molecule has 13 heavy (non-hydrogen) atoms. The molecule has 2 aromatic heterocycles. The molecule has 4 nitrogen and oxygen atoms in total. The topological polar surface area (TPSA) is 56.2 Å². The van der Waals surface area contributed by atoms with E-state index < -0.39 is 0 Å². The largest absolute Gasteiger partial charge is 0.382 e. The SMILES string of the molecule is CCCc1ccc2c(N)ncnn12. The summed E-state index contributed by atoms with van der Waals surface area (Å²) >= 11 is 0. The number of aromatic nitrogens is 3. The van der Waals surface area contributed by atoms with Crippen LogP contribution >= 0.6 is 0 Å². The smallest absolute Gasteiger partial charge is 0.151 e. The van der Waals surface area contributed by atoms with Crippen LogP contribution in [0.3, 0.4) is 0 Å². The standard InChI is InChI=1S/C9H12N4/c1-2-3-7-4-5-8-9(10)11-6-12-13(7)8/h4-6H,2-3H2,1H3,(H2,10,11,12). The lowest BCUT2D eigenvalue weighted by molar-refractivity contribution is 0.796. The molecule has 2 N–H and O–H groups in total. The Balaban J connectivity index is 2.61. The molecule has 2 heterocycles. The van der Waals surface area contributed by atoms with Gasteiger partial charge in [-0.1, -0.05) is 13.3 Å². The number of anilines is 1. The minimum Gasteiger partial charge on any atom is -0.382 e. The van der Waals surface area contributed by atoms with Gasteiger partial charge in [-0.05, 0) is 18.6 Å². The molecule has 0 aliphatic carbocycles. The molecule has 0 spiro atoms. The molecule has 0 bridgehead atoms. The van der Waals surface area contributed by atoms with Crippen molar-refractivity contribution in [3.8, 4) is 0 Å². The van der Waals surface area contributed by atoms with Gasteiger partial charge in [-0.2, -0.15) is 5.10 Å². The van der Waals surface area contributed by atoms with E-state index in [0.717, 1.165) is 18.4 Å². The number of hydrogen-bond donors (Lipinski definition) is 1. The molecule has 0 radical (unpaired) electrons. The number of hydrogen-bond acceptors (Lipinski definition) is 3. The summed E-state index contributed by atoms with van der Waals surface area (Å²) in [5.74, 6) is 0.539. The van der Waals surface area contributed by atoms with Crippen molar-refractivity contribution in [3.63, 3.8) is 0 Å². The maximum Gasteiger partial charge on any atom is 0.151 e. The fourth-order valence-electron chi connectivity index (χ4n) is 1.45. The van der Waals surface area contributed by atoms with Gasteiger partial charge in [0.25, 0.3) is 0 Å². The van der Waals surface area contributed by atoms with Crippen molar-refractivity contribution < 1.29 is 0 Å². The van der Waals surface area contributed by atoms with Crippen molar-refractivity contribution in [2.75, 3.05) is 5.73 Å². The lowest BCUT2D eigenvalue weighted by Crippen LogP contribution is -2.01. The molecular formula is C9H12N4. The Bertz CT molecular complexity index is 418. The molecule has 0 aromatic carbocycles. The van der Waals surface area contributed by atoms with Crippen molar-refractivity contribution in [2.45, 2.75) is 19.8 Å².